The number of hydrogen-bond acceptors (Lipinski definition) is 6. The highest BCUT2D eigenvalue weighted by atomic mass is 16.6. The first kappa shape index (κ1) is 19.9. The summed E-state index contributed by atoms with van der Waals surface area (Å²) in [4.78, 5) is 36.8. The Labute approximate surface area is 156 Å². The van der Waals surface area contributed by atoms with E-state index in [0.29, 0.717) is 11.4 Å². The lowest BCUT2D eigenvalue weighted by Crippen LogP contribution is -2.39. The number of non-ortho nitro benzene ring substituents is 1. The lowest BCUT2D eigenvalue weighted by atomic mass is 10.1. The van der Waals surface area contributed by atoms with Gasteiger partial charge in [-0.25, -0.2) is 4.79 Å². The molecule has 0 aliphatic heterocycles. The van der Waals surface area contributed by atoms with E-state index in [9.17, 15) is 19.7 Å². The van der Waals surface area contributed by atoms with Gasteiger partial charge in [-0.15, -0.1) is 0 Å². The molecular weight excluding hydrogens is 350 g/mol. The van der Waals surface area contributed by atoms with E-state index in [1.807, 2.05) is 32.0 Å². The molecule has 27 heavy (non-hydrogen) atoms. The molecule has 0 saturated heterocycles. The van der Waals surface area contributed by atoms with E-state index in [2.05, 4.69) is 5.32 Å². The van der Waals surface area contributed by atoms with Gasteiger partial charge in [0.25, 0.3) is 11.6 Å². The van der Waals surface area contributed by atoms with E-state index in [1.165, 1.54) is 17.0 Å². The second-order valence-corrected chi connectivity index (χ2v) is 6.01. The van der Waals surface area contributed by atoms with Crippen LogP contribution in [-0.2, 0) is 9.53 Å². The number of nitro groups is 1. The van der Waals surface area contributed by atoms with Gasteiger partial charge in [-0.2, -0.15) is 0 Å². The number of rotatable bonds is 7. The van der Waals surface area contributed by atoms with E-state index in [4.69, 9.17) is 4.74 Å². The molecule has 0 heterocycles. The van der Waals surface area contributed by atoms with Gasteiger partial charge in [-0.1, -0.05) is 18.2 Å². The normalized spacial score (nSPS) is 10.4. The third-order valence-corrected chi connectivity index (χ3v) is 3.85. The minimum absolute atomic E-state index is 0.00434. The molecule has 1 amide bonds. The quantitative estimate of drug-likeness (QED) is 0.455. The van der Waals surface area contributed by atoms with Crippen LogP contribution in [0, 0.1) is 10.1 Å². The molecule has 0 spiro atoms. The van der Waals surface area contributed by atoms with Crippen molar-refractivity contribution in [3.05, 3.63) is 64.2 Å². The molecular formula is C19H21N3O5. The minimum atomic E-state index is -0.812. The Bertz CT molecular complexity index is 836. The summed E-state index contributed by atoms with van der Waals surface area (Å²) in [6.45, 7) is 3.23. The number of para-hydroxylation sites is 1. The van der Waals surface area contributed by atoms with Crippen molar-refractivity contribution in [2.24, 2.45) is 0 Å². The molecule has 0 aliphatic rings. The Morgan fingerprint density at radius 3 is 2.41 bits per heavy atom. The van der Waals surface area contributed by atoms with Gasteiger partial charge < -0.3 is 15.0 Å². The fourth-order valence-electron chi connectivity index (χ4n) is 2.63. The Morgan fingerprint density at radius 2 is 1.85 bits per heavy atom. The first-order valence-corrected chi connectivity index (χ1v) is 8.35. The molecule has 0 unspecified atom stereocenters. The van der Waals surface area contributed by atoms with E-state index in [1.54, 1.807) is 19.2 Å². The number of hydrogen-bond donors (Lipinski definition) is 1. The Hall–Kier alpha value is -3.42. The van der Waals surface area contributed by atoms with Crippen LogP contribution in [0.3, 0.4) is 0 Å². The van der Waals surface area contributed by atoms with Crippen molar-refractivity contribution in [2.45, 2.75) is 19.9 Å². The molecule has 0 atom stereocenters. The van der Waals surface area contributed by atoms with Gasteiger partial charge in [0, 0.05) is 36.6 Å². The van der Waals surface area contributed by atoms with Gasteiger partial charge in [0.1, 0.15) is 0 Å². The van der Waals surface area contributed by atoms with Crippen molar-refractivity contribution < 1.29 is 19.2 Å². The number of esters is 1. The zero-order chi connectivity index (χ0) is 20.0. The topological polar surface area (TPSA) is 102 Å². The van der Waals surface area contributed by atoms with Gasteiger partial charge in [-0.3, -0.25) is 14.9 Å². The highest BCUT2D eigenvalue weighted by Crippen LogP contribution is 2.23. The van der Waals surface area contributed by atoms with Crippen molar-refractivity contribution in [1.29, 1.82) is 0 Å². The number of ether oxygens (including phenoxy) is 1. The Balaban J connectivity index is 2.15. The van der Waals surface area contributed by atoms with Crippen molar-refractivity contribution >= 4 is 28.9 Å². The fraction of sp³-hybridized carbons (Fsp3) is 0.263. The van der Waals surface area contributed by atoms with Crippen LogP contribution in [0.25, 0.3) is 0 Å². The predicted octanol–water partition coefficient (Wildman–Crippen LogP) is 3.23. The zero-order valence-electron chi connectivity index (χ0n) is 15.3. The summed E-state index contributed by atoms with van der Waals surface area (Å²) < 4.78 is 5.13. The van der Waals surface area contributed by atoms with Gasteiger partial charge in [-0.05, 0) is 32.0 Å². The highest BCUT2D eigenvalue weighted by molar-refractivity contribution is 6.00. The van der Waals surface area contributed by atoms with Crippen LogP contribution in [0.1, 0.15) is 24.2 Å². The van der Waals surface area contributed by atoms with Gasteiger partial charge >= 0.3 is 5.97 Å². The third-order valence-electron chi connectivity index (χ3n) is 3.85. The standard InChI is InChI=1S/C19H21N3O5/c1-13(2)21(14-7-5-4-6-8-14)18(23)12-27-19(24)16-11-15(22(25)26)9-10-17(16)20-3/h4-11,13,20H,12H2,1-3H3. The molecule has 142 valence electrons. The summed E-state index contributed by atoms with van der Waals surface area (Å²) in [5, 5.41) is 13.7. The van der Waals surface area contributed by atoms with Crippen molar-refractivity contribution in [1.82, 2.24) is 0 Å². The molecule has 0 aliphatic carbocycles. The first-order chi connectivity index (χ1) is 12.8. The second-order valence-electron chi connectivity index (χ2n) is 6.01. The lowest BCUT2D eigenvalue weighted by molar-refractivity contribution is -0.384. The number of benzene rings is 2. The molecule has 0 radical (unpaired) electrons. The summed E-state index contributed by atoms with van der Waals surface area (Å²) in [6, 6.07) is 12.7. The fourth-order valence-corrected chi connectivity index (χ4v) is 2.63. The van der Waals surface area contributed by atoms with Crippen molar-refractivity contribution in [3.8, 4) is 0 Å². The minimum Gasteiger partial charge on any atom is -0.452 e. The van der Waals surface area contributed by atoms with E-state index in [-0.39, 0.29) is 23.2 Å². The number of anilines is 2. The second kappa shape index (κ2) is 8.79. The van der Waals surface area contributed by atoms with Crippen LogP contribution in [0.4, 0.5) is 17.1 Å². The predicted molar refractivity (Wildman–Crippen MR) is 102 cm³/mol. The molecule has 2 rings (SSSR count). The van der Waals surface area contributed by atoms with Gasteiger partial charge in [0.15, 0.2) is 6.61 Å². The average Bonchev–Trinajstić information content (AvgIpc) is 2.66. The summed E-state index contributed by atoms with van der Waals surface area (Å²) in [7, 11) is 1.58. The zero-order valence-corrected chi connectivity index (χ0v) is 15.3. The molecule has 2 aromatic carbocycles. The average molecular weight is 371 g/mol. The third kappa shape index (κ3) is 4.81. The molecule has 2 aromatic rings. The molecule has 0 aromatic heterocycles. The number of nitrogens with zero attached hydrogens (tertiary/aromatic N) is 2. The Kier molecular flexibility index (Phi) is 6.48. The number of carbonyl (C=O) groups is 2. The van der Waals surface area contributed by atoms with Crippen LogP contribution in [0.15, 0.2) is 48.5 Å². The number of carbonyl (C=O) groups excluding carboxylic acids is 2. The van der Waals surface area contributed by atoms with Crippen LogP contribution in [0.2, 0.25) is 0 Å². The summed E-state index contributed by atoms with van der Waals surface area (Å²) >= 11 is 0. The maximum atomic E-state index is 12.6. The van der Waals surface area contributed by atoms with Gasteiger partial charge in [0.05, 0.1) is 10.5 Å². The number of nitrogens with one attached hydrogen (secondary N) is 1. The van der Waals surface area contributed by atoms with E-state index >= 15 is 0 Å². The summed E-state index contributed by atoms with van der Waals surface area (Å²) in [5.41, 5.74) is 0.831. The first-order valence-electron chi connectivity index (χ1n) is 8.35. The number of amides is 1. The molecule has 8 heteroatoms. The smallest absolute Gasteiger partial charge is 0.341 e. The van der Waals surface area contributed by atoms with Crippen LogP contribution in [0.5, 0.6) is 0 Å². The lowest BCUT2D eigenvalue weighted by Gasteiger charge is -2.26. The maximum Gasteiger partial charge on any atom is 0.341 e. The van der Waals surface area contributed by atoms with Crippen LogP contribution in [-0.4, -0.2) is 36.5 Å². The number of nitro benzene ring substituents is 1. The van der Waals surface area contributed by atoms with Crippen LogP contribution < -0.4 is 10.2 Å². The maximum absolute atomic E-state index is 12.6. The molecule has 0 saturated carbocycles. The van der Waals surface area contributed by atoms with Crippen molar-refractivity contribution in [2.75, 3.05) is 23.9 Å². The van der Waals surface area contributed by atoms with E-state index in [0.717, 1.165) is 6.07 Å². The SMILES string of the molecule is CNc1ccc([N+](=O)[O-])cc1C(=O)OCC(=O)N(c1ccccc1)C(C)C. The highest BCUT2D eigenvalue weighted by Gasteiger charge is 2.22. The molecule has 0 fully saturated rings. The molecule has 0 bridgehead atoms. The molecule has 8 nitrogen and oxygen atoms in total. The van der Waals surface area contributed by atoms with Crippen LogP contribution >= 0.6 is 0 Å². The van der Waals surface area contributed by atoms with E-state index < -0.39 is 17.5 Å². The summed E-state index contributed by atoms with van der Waals surface area (Å²) in [6.07, 6.45) is 0. The largest absolute Gasteiger partial charge is 0.452 e. The Morgan fingerprint density at radius 1 is 1.19 bits per heavy atom. The summed E-state index contributed by atoms with van der Waals surface area (Å²) in [5.74, 6) is -1.20. The van der Waals surface area contributed by atoms with Gasteiger partial charge in [0.2, 0.25) is 0 Å². The van der Waals surface area contributed by atoms with Crippen molar-refractivity contribution in [3.63, 3.8) is 0 Å². The molecule has 1 N–H and O–H groups in total. The monoisotopic (exact) mass is 371 g/mol.